The van der Waals surface area contributed by atoms with Crippen LogP contribution in [0.3, 0.4) is 0 Å². The number of rotatable bonds is 6. The molecular weight excluding hydrogens is 403 g/mol. The monoisotopic (exact) mass is 434 g/mol. The van der Waals surface area contributed by atoms with Crippen molar-refractivity contribution in [2.24, 2.45) is 18.0 Å². The minimum atomic E-state index is 0. The van der Waals surface area contributed by atoms with Crippen molar-refractivity contribution in [3.05, 3.63) is 18.0 Å². The predicted octanol–water partition coefficient (Wildman–Crippen LogP) is 1.83. The zero-order chi connectivity index (χ0) is 15.8. The first-order valence-corrected chi connectivity index (χ1v) is 8.40. The number of halogens is 1. The van der Waals surface area contributed by atoms with Crippen LogP contribution in [0.5, 0.6) is 0 Å². The smallest absolute Gasteiger partial charge is 0.191 e. The van der Waals surface area contributed by atoms with Crippen molar-refractivity contribution in [1.29, 1.82) is 0 Å². The van der Waals surface area contributed by atoms with E-state index in [1.807, 2.05) is 24.0 Å². The van der Waals surface area contributed by atoms with Crippen LogP contribution in [-0.4, -0.2) is 53.4 Å². The van der Waals surface area contributed by atoms with Gasteiger partial charge >= 0.3 is 0 Å². The molecule has 1 fully saturated rings. The molecular formula is C16H31IN6. The Hall–Kier alpha value is -0.830. The first kappa shape index (κ1) is 20.2. The fourth-order valence-electron chi connectivity index (χ4n) is 2.68. The number of aliphatic imine (C=N–C) groups is 1. The van der Waals surface area contributed by atoms with Crippen LogP contribution in [0, 0.1) is 5.92 Å². The lowest BCUT2D eigenvalue weighted by Crippen LogP contribution is -2.43. The Kier molecular flexibility index (Phi) is 9.54. The maximum Gasteiger partial charge on any atom is 0.191 e. The van der Waals surface area contributed by atoms with Crippen LogP contribution in [0.25, 0.3) is 0 Å². The van der Waals surface area contributed by atoms with Gasteiger partial charge in [0.25, 0.3) is 0 Å². The highest BCUT2D eigenvalue weighted by atomic mass is 127. The lowest BCUT2D eigenvalue weighted by atomic mass is 9.99. The molecule has 132 valence electrons. The first-order valence-electron chi connectivity index (χ1n) is 8.40. The molecule has 6 nitrogen and oxygen atoms in total. The molecule has 0 amide bonds. The van der Waals surface area contributed by atoms with Crippen LogP contribution in [0.15, 0.2) is 17.3 Å². The molecule has 0 unspecified atom stereocenters. The normalized spacial score (nSPS) is 16.9. The SMILES string of the molecule is CCNC(=NCc1ccnn1C)NCCN1CCC(C)CC1.I. The summed E-state index contributed by atoms with van der Waals surface area (Å²) >= 11 is 0. The summed E-state index contributed by atoms with van der Waals surface area (Å²) in [6.45, 7) is 10.4. The number of hydrogen-bond acceptors (Lipinski definition) is 3. The van der Waals surface area contributed by atoms with Gasteiger partial charge in [-0.1, -0.05) is 6.92 Å². The van der Waals surface area contributed by atoms with Crippen LogP contribution in [0.4, 0.5) is 0 Å². The molecule has 0 radical (unpaired) electrons. The number of hydrogen-bond donors (Lipinski definition) is 2. The van der Waals surface area contributed by atoms with Crippen LogP contribution in [0.1, 0.15) is 32.4 Å². The molecule has 1 saturated heterocycles. The van der Waals surface area contributed by atoms with E-state index in [4.69, 9.17) is 0 Å². The minimum absolute atomic E-state index is 0. The summed E-state index contributed by atoms with van der Waals surface area (Å²) in [5.41, 5.74) is 1.11. The number of likely N-dealkylation sites (tertiary alicyclic amines) is 1. The summed E-state index contributed by atoms with van der Waals surface area (Å²) in [5, 5.41) is 10.9. The third kappa shape index (κ3) is 7.07. The van der Waals surface area contributed by atoms with E-state index in [9.17, 15) is 0 Å². The fourth-order valence-corrected chi connectivity index (χ4v) is 2.68. The average Bonchev–Trinajstić information content (AvgIpc) is 2.92. The predicted molar refractivity (Wildman–Crippen MR) is 106 cm³/mol. The Balaban J connectivity index is 0.00000264. The molecule has 0 aliphatic carbocycles. The zero-order valence-electron chi connectivity index (χ0n) is 14.6. The lowest BCUT2D eigenvalue weighted by molar-refractivity contribution is 0.195. The van der Waals surface area contributed by atoms with E-state index in [1.54, 1.807) is 0 Å². The summed E-state index contributed by atoms with van der Waals surface area (Å²) < 4.78 is 1.86. The maximum atomic E-state index is 4.63. The third-order valence-corrected chi connectivity index (χ3v) is 4.26. The minimum Gasteiger partial charge on any atom is -0.357 e. The van der Waals surface area contributed by atoms with Gasteiger partial charge < -0.3 is 15.5 Å². The Labute approximate surface area is 157 Å². The molecule has 7 heteroatoms. The van der Waals surface area contributed by atoms with Crippen molar-refractivity contribution in [1.82, 2.24) is 25.3 Å². The summed E-state index contributed by atoms with van der Waals surface area (Å²) in [5.74, 6) is 1.77. The molecule has 0 saturated carbocycles. The second-order valence-corrected chi connectivity index (χ2v) is 6.09. The van der Waals surface area contributed by atoms with Crippen molar-refractivity contribution in [3.63, 3.8) is 0 Å². The molecule has 23 heavy (non-hydrogen) atoms. The highest BCUT2D eigenvalue weighted by Crippen LogP contribution is 2.14. The molecule has 2 rings (SSSR count). The van der Waals surface area contributed by atoms with Gasteiger partial charge in [0, 0.05) is 32.9 Å². The maximum absolute atomic E-state index is 4.63. The van der Waals surface area contributed by atoms with Gasteiger partial charge in [0.15, 0.2) is 5.96 Å². The van der Waals surface area contributed by atoms with E-state index in [2.05, 4.69) is 39.5 Å². The molecule has 1 aliphatic rings. The molecule has 1 aliphatic heterocycles. The third-order valence-electron chi connectivity index (χ3n) is 4.26. The van der Waals surface area contributed by atoms with E-state index >= 15 is 0 Å². The Bertz CT molecular complexity index is 465. The van der Waals surface area contributed by atoms with Crippen LogP contribution >= 0.6 is 24.0 Å². The number of guanidine groups is 1. The standard InChI is InChI=1S/C16H30N6.HI/c1-4-17-16(19-13-15-5-8-20-21(15)3)18-9-12-22-10-6-14(2)7-11-22;/h5,8,14H,4,6-7,9-13H2,1-3H3,(H2,17,18,19);1H. The Morgan fingerprint density at radius 1 is 1.35 bits per heavy atom. The molecule has 0 atom stereocenters. The second-order valence-electron chi connectivity index (χ2n) is 6.09. The lowest BCUT2D eigenvalue weighted by Gasteiger charge is -2.30. The van der Waals surface area contributed by atoms with Gasteiger partial charge in [-0.3, -0.25) is 4.68 Å². The van der Waals surface area contributed by atoms with Crippen molar-refractivity contribution < 1.29 is 0 Å². The van der Waals surface area contributed by atoms with Crippen LogP contribution in [0.2, 0.25) is 0 Å². The average molecular weight is 434 g/mol. The molecule has 2 N–H and O–H groups in total. The van der Waals surface area contributed by atoms with Crippen LogP contribution in [-0.2, 0) is 13.6 Å². The molecule has 2 heterocycles. The summed E-state index contributed by atoms with van der Waals surface area (Å²) in [6, 6.07) is 2.00. The fraction of sp³-hybridized carbons (Fsp3) is 0.750. The first-order chi connectivity index (χ1) is 10.7. The summed E-state index contributed by atoms with van der Waals surface area (Å²) in [7, 11) is 1.95. The quantitative estimate of drug-likeness (QED) is 0.408. The van der Waals surface area contributed by atoms with E-state index in [0.29, 0.717) is 6.54 Å². The highest BCUT2D eigenvalue weighted by Gasteiger charge is 2.14. The van der Waals surface area contributed by atoms with E-state index < -0.39 is 0 Å². The summed E-state index contributed by atoms with van der Waals surface area (Å²) in [4.78, 5) is 7.17. The van der Waals surface area contributed by atoms with Crippen molar-refractivity contribution in [2.45, 2.75) is 33.2 Å². The Morgan fingerprint density at radius 3 is 2.70 bits per heavy atom. The Morgan fingerprint density at radius 2 is 2.09 bits per heavy atom. The van der Waals surface area contributed by atoms with Gasteiger partial charge in [0.05, 0.1) is 12.2 Å². The largest absolute Gasteiger partial charge is 0.357 e. The van der Waals surface area contributed by atoms with Gasteiger partial charge in [-0.25, -0.2) is 4.99 Å². The second kappa shape index (κ2) is 10.9. The van der Waals surface area contributed by atoms with Crippen molar-refractivity contribution >= 4 is 29.9 Å². The number of nitrogens with zero attached hydrogens (tertiary/aromatic N) is 4. The number of aromatic nitrogens is 2. The van der Waals surface area contributed by atoms with Crippen LogP contribution < -0.4 is 10.6 Å². The summed E-state index contributed by atoms with van der Waals surface area (Å²) in [6.07, 6.45) is 4.46. The van der Waals surface area contributed by atoms with Gasteiger partial charge in [-0.05, 0) is 44.8 Å². The van der Waals surface area contributed by atoms with E-state index in [-0.39, 0.29) is 24.0 Å². The molecule has 0 bridgehead atoms. The molecule has 0 spiro atoms. The van der Waals surface area contributed by atoms with Gasteiger partial charge in [0.2, 0.25) is 0 Å². The molecule has 1 aromatic heterocycles. The number of piperidine rings is 1. The highest BCUT2D eigenvalue weighted by molar-refractivity contribution is 14.0. The zero-order valence-corrected chi connectivity index (χ0v) is 16.9. The molecule has 0 aromatic carbocycles. The number of nitrogens with one attached hydrogen (secondary N) is 2. The van der Waals surface area contributed by atoms with Gasteiger partial charge in [0.1, 0.15) is 0 Å². The van der Waals surface area contributed by atoms with Crippen molar-refractivity contribution in [3.8, 4) is 0 Å². The van der Waals surface area contributed by atoms with Gasteiger partial charge in [-0.2, -0.15) is 5.10 Å². The van der Waals surface area contributed by atoms with Gasteiger partial charge in [-0.15, -0.1) is 24.0 Å². The van der Waals surface area contributed by atoms with E-state index in [1.165, 1.54) is 25.9 Å². The number of aryl methyl sites for hydroxylation is 1. The van der Waals surface area contributed by atoms with E-state index in [0.717, 1.165) is 37.2 Å². The topological polar surface area (TPSA) is 57.5 Å². The molecule has 1 aromatic rings. The van der Waals surface area contributed by atoms with Crippen molar-refractivity contribution in [2.75, 3.05) is 32.7 Å².